The molecule has 0 bridgehead atoms. The molecular weight excluding hydrogens is 263 g/mol. The highest BCUT2D eigenvalue weighted by Crippen LogP contribution is 2.20. The fourth-order valence-electron chi connectivity index (χ4n) is 1.48. The summed E-state index contributed by atoms with van der Waals surface area (Å²) in [5.74, 6) is -3.14. The van der Waals surface area contributed by atoms with E-state index < -0.39 is 31.1 Å². The molecule has 0 radical (unpaired) electrons. The van der Waals surface area contributed by atoms with Gasteiger partial charge in [0.2, 0.25) is 5.91 Å². The molecule has 0 aromatic heterocycles. The number of nitrogen functional groups attached to an aromatic ring is 1. The van der Waals surface area contributed by atoms with E-state index in [0.29, 0.717) is 16.2 Å². The number of primary amides is 1. The maximum absolute atomic E-state index is 12.4. The monoisotopic (exact) mass is 275 g/mol. The number of nitrogens with two attached hydrogens (primary N) is 2. The normalized spacial score (nSPS) is 11.1. The summed E-state index contributed by atoms with van der Waals surface area (Å²) in [6.45, 7) is -1.21. The number of carbonyl (C=O) groups excluding carboxylic acids is 2. The van der Waals surface area contributed by atoms with E-state index in [1.165, 1.54) is 18.2 Å². The van der Waals surface area contributed by atoms with Crippen molar-refractivity contribution in [2.45, 2.75) is 12.7 Å². The molecule has 5 nitrogen and oxygen atoms in total. The van der Waals surface area contributed by atoms with Gasteiger partial charge in [-0.25, -0.2) is 0 Å². The van der Waals surface area contributed by atoms with Crippen LogP contribution in [0, 0.1) is 0 Å². The zero-order valence-electron chi connectivity index (χ0n) is 9.78. The molecule has 1 aromatic carbocycles. The van der Waals surface area contributed by atoms with Crippen molar-refractivity contribution < 1.29 is 22.8 Å². The fourth-order valence-corrected chi connectivity index (χ4v) is 1.48. The third kappa shape index (κ3) is 4.49. The van der Waals surface area contributed by atoms with Crippen LogP contribution in [0.15, 0.2) is 24.3 Å². The SMILES string of the molecule is NC(=O)CN(Cc1cccc(N)c1)C(=O)C(F)(F)F. The van der Waals surface area contributed by atoms with Crippen molar-refractivity contribution in [1.29, 1.82) is 0 Å². The summed E-state index contributed by atoms with van der Waals surface area (Å²) in [6.07, 6.45) is -5.06. The molecule has 19 heavy (non-hydrogen) atoms. The van der Waals surface area contributed by atoms with Gasteiger partial charge in [-0.2, -0.15) is 13.2 Å². The lowest BCUT2D eigenvalue weighted by Crippen LogP contribution is -2.44. The van der Waals surface area contributed by atoms with Crippen LogP contribution in [-0.2, 0) is 16.1 Å². The predicted molar refractivity (Wildman–Crippen MR) is 61.5 cm³/mol. The van der Waals surface area contributed by atoms with Crippen molar-refractivity contribution in [3.05, 3.63) is 29.8 Å². The number of carbonyl (C=O) groups is 2. The first kappa shape index (κ1) is 14.8. The summed E-state index contributed by atoms with van der Waals surface area (Å²) in [7, 11) is 0. The second kappa shape index (κ2) is 5.59. The van der Waals surface area contributed by atoms with E-state index in [1.54, 1.807) is 6.07 Å². The summed E-state index contributed by atoms with van der Waals surface area (Å²) in [4.78, 5) is 22.2. The zero-order valence-corrected chi connectivity index (χ0v) is 9.78. The van der Waals surface area contributed by atoms with E-state index in [4.69, 9.17) is 11.5 Å². The van der Waals surface area contributed by atoms with Gasteiger partial charge in [-0.3, -0.25) is 9.59 Å². The maximum atomic E-state index is 12.4. The minimum atomic E-state index is -5.06. The van der Waals surface area contributed by atoms with E-state index in [0.717, 1.165) is 0 Å². The van der Waals surface area contributed by atoms with Crippen molar-refractivity contribution in [3.63, 3.8) is 0 Å². The molecule has 4 N–H and O–H groups in total. The maximum Gasteiger partial charge on any atom is 0.471 e. The van der Waals surface area contributed by atoms with E-state index in [-0.39, 0.29) is 0 Å². The van der Waals surface area contributed by atoms with E-state index >= 15 is 0 Å². The molecule has 0 aliphatic heterocycles. The van der Waals surface area contributed by atoms with Crippen molar-refractivity contribution in [2.75, 3.05) is 12.3 Å². The predicted octanol–water partition coefficient (Wildman–Crippen LogP) is 0.645. The molecule has 0 spiro atoms. The van der Waals surface area contributed by atoms with Gasteiger partial charge in [-0.15, -0.1) is 0 Å². The lowest BCUT2D eigenvalue weighted by molar-refractivity contribution is -0.186. The highest BCUT2D eigenvalue weighted by atomic mass is 19.4. The average Bonchev–Trinajstić information content (AvgIpc) is 2.25. The molecule has 0 saturated heterocycles. The second-order valence-electron chi connectivity index (χ2n) is 3.87. The standard InChI is InChI=1S/C11H12F3N3O2/c12-11(13,14)10(19)17(6-9(16)18)5-7-2-1-3-8(15)4-7/h1-4H,5-6,15H2,(H2,16,18). The van der Waals surface area contributed by atoms with Crippen LogP contribution in [-0.4, -0.2) is 29.4 Å². The number of rotatable bonds is 4. The Balaban J connectivity index is 2.92. The van der Waals surface area contributed by atoms with Crippen LogP contribution in [0.4, 0.5) is 18.9 Å². The van der Waals surface area contributed by atoms with E-state index in [2.05, 4.69) is 0 Å². The second-order valence-corrected chi connectivity index (χ2v) is 3.87. The Bertz CT molecular complexity index is 488. The first-order valence-corrected chi connectivity index (χ1v) is 5.19. The number of anilines is 1. The molecule has 0 unspecified atom stereocenters. The number of halogens is 3. The summed E-state index contributed by atoms with van der Waals surface area (Å²) < 4.78 is 37.1. The van der Waals surface area contributed by atoms with Gasteiger partial charge in [0, 0.05) is 12.2 Å². The summed E-state index contributed by atoms with van der Waals surface area (Å²) in [5, 5.41) is 0. The third-order valence-electron chi connectivity index (χ3n) is 2.20. The Morgan fingerprint density at radius 1 is 1.26 bits per heavy atom. The molecule has 1 aromatic rings. The highest BCUT2D eigenvalue weighted by molar-refractivity contribution is 5.86. The van der Waals surface area contributed by atoms with Gasteiger partial charge < -0.3 is 16.4 Å². The first-order chi connectivity index (χ1) is 8.70. The summed E-state index contributed by atoms with van der Waals surface area (Å²) in [6, 6.07) is 5.99. The van der Waals surface area contributed by atoms with Crippen LogP contribution < -0.4 is 11.5 Å². The van der Waals surface area contributed by atoms with Crippen LogP contribution in [0.2, 0.25) is 0 Å². The lowest BCUT2D eigenvalue weighted by atomic mass is 10.2. The average molecular weight is 275 g/mol. The van der Waals surface area contributed by atoms with Crippen molar-refractivity contribution in [3.8, 4) is 0 Å². The Morgan fingerprint density at radius 3 is 2.37 bits per heavy atom. The molecule has 0 fully saturated rings. The number of hydrogen-bond acceptors (Lipinski definition) is 3. The number of hydrogen-bond donors (Lipinski definition) is 2. The van der Waals surface area contributed by atoms with Gasteiger partial charge in [0.05, 0.1) is 6.54 Å². The Hall–Kier alpha value is -2.25. The number of benzene rings is 1. The van der Waals surface area contributed by atoms with Crippen LogP contribution in [0.1, 0.15) is 5.56 Å². The number of amides is 2. The van der Waals surface area contributed by atoms with E-state index in [1.807, 2.05) is 0 Å². The largest absolute Gasteiger partial charge is 0.471 e. The minimum absolute atomic E-state index is 0.330. The molecule has 0 atom stereocenters. The lowest BCUT2D eigenvalue weighted by Gasteiger charge is -2.22. The van der Waals surface area contributed by atoms with E-state index in [9.17, 15) is 22.8 Å². The fraction of sp³-hybridized carbons (Fsp3) is 0.273. The molecule has 0 heterocycles. The third-order valence-corrected chi connectivity index (χ3v) is 2.20. The van der Waals surface area contributed by atoms with Gasteiger partial charge in [0.25, 0.3) is 0 Å². The molecule has 0 aliphatic rings. The van der Waals surface area contributed by atoms with Crippen molar-refractivity contribution >= 4 is 17.5 Å². The van der Waals surface area contributed by atoms with Gasteiger partial charge in [0.15, 0.2) is 0 Å². The summed E-state index contributed by atoms with van der Waals surface area (Å²) in [5.41, 5.74) is 11.0. The van der Waals surface area contributed by atoms with Crippen LogP contribution in [0.5, 0.6) is 0 Å². The number of alkyl halides is 3. The van der Waals surface area contributed by atoms with Crippen LogP contribution >= 0.6 is 0 Å². The van der Waals surface area contributed by atoms with Crippen molar-refractivity contribution in [2.24, 2.45) is 5.73 Å². The van der Waals surface area contributed by atoms with Gasteiger partial charge >= 0.3 is 12.1 Å². The smallest absolute Gasteiger partial charge is 0.399 e. The Kier molecular flexibility index (Phi) is 4.36. The zero-order chi connectivity index (χ0) is 14.6. The van der Waals surface area contributed by atoms with Gasteiger partial charge in [-0.05, 0) is 17.7 Å². The molecule has 104 valence electrons. The topological polar surface area (TPSA) is 89.4 Å². The van der Waals surface area contributed by atoms with Gasteiger partial charge in [0.1, 0.15) is 0 Å². The number of nitrogens with zero attached hydrogens (tertiary/aromatic N) is 1. The van der Waals surface area contributed by atoms with Crippen LogP contribution in [0.3, 0.4) is 0 Å². The minimum Gasteiger partial charge on any atom is -0.399 e. The van der Waals surface area contributed by atoms with Crippen molar-refractivity contribution in [1.82, 2.24) is 4.90 Å². The Labute approximate surface area is 107 Å². The quantitative estimate of drug-likeness (QED) is 0.790. The van der Waals surface area contributed by atoms with Gasteiger partial charge in [-0.1, -0.05) is 12.1 Å². The first-order valence-electron chi connectivity index (χ1n) is 5.19. The molecular formula is C11H12F3N3O2. The molecule has 8 heteroatoms. The Morgan fingerprint density at radius 2 is 1.89 bits per heavy atom. The molecule has 1 rings (SSSR count). The molecule has 0 aliphatic carbocycles. The highest BCUT2D eigenvalue weighted by Gasteiger charge is 2.42. The molecule has 2 amide bonds. The molecule has 0 saturated carbocycles. The van der Waals surface area contributed by atoms with Crippen LogP contribution in [0.25, 0.3) is 0 Å². The summed E-state index contributed by atoms with van der Waals surface area (Å²) >= 11 is 0.